The Bertz CT molecular complexity index is 728. The molecular weight excluding hydrogens is 359 g/mol. The van der Waals surface area contributed by atoms with Crippen LogP contribution in [0.15, 0.2) is 35.2 Å². The van der Waals surface area contributed by atoms with Gasteiger partial charge in [-0.15, -0.1) is 11.8 Å². The number of halogens is 3. The quantitative estimate of drug-likeness (QED) is 0.571. The Hall–Kier alpha value is -1.31. The smallest absolute Gasteiger partial charge is 0.328 e. The lowest BCUT2D eigenvalue weighted by Crippen LogP contribution is -2.32. The molecule has 7 heteroatoms. The minimum Gasteiger partial charge on any atom is -0.328 e. The molecule has 0 unspecified atom stereocenters. The van der Waals surface area contributed by atoms with Gasteiger partial charge in [-0.25, -0.2) is 4.98 Å². The predicted molar refractivity (Wildman–Crippen MR) is 100 cm³/mol. The third-order valence-corrected chi connectivity index (χ3v) is 5.89. The maximum absolute atomic E-state index is 13.1. The first-order valence-electron chi connectivity index (χ1n) is 8.99. The molecule has 1 aliphatic carbocycles. The molecule has 2 aromatic rings. The Morgan fingerprint density at radius 1 is 1.15 bits per heavy atom. The minimum atomic E-state index is -4.43. The van der Waals surface area contributed by atoms with Gasteiger partial charge in [-0.2, -0.15) is 13.2 Å². The first kappa shape index (κ1) is 19.5. The molecule has 0 atom stereocenters. The minimum absolute atomic E-state index is 0.351. The van der Waals surface area contributed by atoms with E-state index in [0.717, 1.165) is 56.0 Å². The van der Waals surface area contributed by atoms with Crippen molar-refractivity contribution in [2.45, 2.75) is 42.8 Å². The first-order valence-corrected chi connectivity index (χ1v) is 9.98. The van der Waals surface area contributed by atoms with Crippen molar-refractivity contribution in [1.82, 2.24) is 10.3 Å². The zero-order valence-corrected chi connectivity index (χ0v) is 15.4. The van der Waals surface area contributed by atoms with E-state index in [9.17, 15) is 13.2 Å². The van der Waals surface area contributed by atoms with Crippen LogP contribution in [0.3, 0.4) is 0 Å². The zero-order chi connectivity index (χ0) is 18.6. The SMILES string of the molecule is NC1CCC(CNCCSc2cc(C(F)(F)F)nc3ccccc23)CC1. The number of aromatic nitrogens is 1. The molecule has 0 saturated heterocycles. The fraction of sp³-hybridized carbons (Fsp3) is 0.526. The van der Waals surface area contributed by atoms with Crippen LogP contribution in [0, 0.1) is 5.92 Å². The van der Waals surface area contributed by atoms with Crippen LogP contribution >= 0.6 is 11.8 Å². The van der Waals surface area contributed by atoms with Crippen LogP contribution in [0.25, 0.3) is 10.9 Å². The molecule has 0 aliphatic heterocycles. The highest BCUT2D eigenvalue weighted by atomic mass is 32.2. The van der Waals surface area contributed by atoms with Crippen molar-refractivity contribution in [3.8, 4) is 0 Å². The molecule has 0 radical (unpaired) electrons. The summed E-state index contributed by atoms with van der Waals surface area (Å²) in [6, 6.07) is 8.50. The molecule has 0 spiro atoms. The Morgan fingerprint density at radius 3 is 2.62 bits per heavy atom. The Labute approximate surface area is 155 Å². The number of nitrogens with two attached hydrogens (primary N) is 1. The van der Waals surface area contributed by atoms with Crippen LogP contribution in [-0.4, -0.2) is 29.9 Å². The van der Waals surface area contributed by atoms with Gasteiger partial charge in [0.2, 0.25) is 0 Å². The lowest BCUT2D eigenvalue weighted by Gasteiger charge is -2.26. The van der Waals surface area contributed by atoms with E-state index in [1.807, 2.05) is 12.1 Å². The molecule has 3 nitrogen and oxygen atoms in total. The normalized spacial score (nSPS) is 21.2. The third-order valence-electron chi connectivity index (χ3n) is 4.83. The Balaban J connectivity index is 1.56. The topological polar surface area (TPSA) is 50.9 Å². The largest absolute Gasteiger partial charge is 0.433 e. The van der Waals surface area contributed by atoms with Gasteiger partial charge in [0.1, 0.15) is 5.69 Å². The summed E-state index contributed by atoms with van der Waals surface area (Å²) in [5, 5.41) is 4.20. The molecule has 26 heavy (non-hydrogen) atoms. The van der Waals surface area contributed by atoms with Crippen molar-refractivity contribution in [3.05, 3.63) is 36.0 Å². The van der Waals surface area contributed by atoms with E-state index in [2.05, 4.69) is 10.3 Å². The fourth-order valence-electron chi connectivity index (χ4n) is 3.34. The number of pyridine rings is 1. The van der Waals surface area contributed by atoms with Gasteiger partial charge in [0.05, 0.1) is 5.52 Å². The summed E-state index contributed by atoms with van der Waals surface area (Å²) in [6.45, 7) is 1.73. The number of para-hydroxylation sites is 1. The number of nitrogens with one attached hydrogen (secondary N) is 1. The molecule has 142 valence electrons. The highest BCUT2D eigenvalue weighted by Gasteiger charge is 2.33. The van der Waals surface area contributed by atoms with Crippen LogP contribution in [-0.2, 0) is 6.18 Å². The summed E-state index contributed by atoms with van der Waals surface area (Å²) in [5.41, 5.74) is 5.47. The van der Waals surface area contributed by atoms with Gasteiger partial charge in [-0.3, -0.25) is 0 Å². The van der Waals surface area contributed by atoms with E-state index < -0.39 is 11.9 Å². The van der Waals surface area contributed by atoms with Gasteiger partial charge >= 0.3 is 6.18 Å². The fourth-order valence-corrected chi connectivity index (χ4v) is 4.33. The molecule has 3 rings (SSSR count). The molecule has 1 fully saturated rings. The summed E-state index contributed by atoms with van der Waals surface area (Å²) in [5.74, 6) is 1.38. The molecule has 0 bridgehead atoms. The summed E-state index contributed by atoms with van der Waals surface area (Å²) in [7, 11) is 0. The first-order chi connectivity index (χ1) is 12.4. The van der Waals surface area contributed by atoms with E-state index in [-0.39, 0.29) is 0 Å². The highest BCUT2D eigenvalue weighted by Crippen LogP contribution is 2.34. The van der Waals surface area contributed by atoms with Crippen molar-refractivity contribution >= 4 is 22.7 Å². The molecule has 1 saturated carbocycles. The molecule has 1 aliphatic rings. The summed E-state index contributed by atoms with van der Waals surface area (Å²) >= 11 is 1.44. The third kappa shape index (κ3) is 5.11. The molecule has 1 heterocycles. The maximum atomic E-state index is 13.1. The number of benzene rings is 1. The standard InChI is InChI=1S/C19H24F3N3S/c20-19(21,22)18-11-17(15-3-1-2-4-16(15)25-18)26-10-9-24-12-13-5-7-14(23)8-6-13/h1-4,11,13-14,24H,5-10,12,23H2. The number of nitrogens with zero attached hydrogens (tertiary/aromatic N) is 1. The average molecular weight is 383 g/mol. The number of alkyl halides is 3. The van der Waals surface area contributed by atoms with Crippen LogP contribution in [0.5, 0.6) is 0 Å². The monoisotopic (exact) mass is 383 g/mol. The lowest BCUT2D eigenvalue weighted by atomic mass is 9.86. The molecule has 1 aromatic heterocycles. The summed E-state index contributed by atoms with van der Waals surface area (Å²) in [6.07, 6.45) is 0.0601. The van der Waals surface area contributed by atoms with Gasteiger partial charge in [0.25, 0.3) is 0 Å². The van der Waals surface area contributed by atoms with Crippen molar-refractivity contribution in [3.63, 3.8) is 0 Å². The van der Waals surface area contributed by atoms with Crippen LogP contribution in [0.1, 0.15) is 31.4 Å². The van der Waals surface area contributed by atoms with Crippen LogP contribution in [0.4, 0.5) is 13.2 Å². The van der Waals surface area contributed by atoms with Crippen molar-refractivity contribution in [2.75, 3.05) is 18.8 Å². The number of hydrogen-bond donors (Lipinski definition) is 2. The Kier molecular flexibility index (Phi) is 6.42. The highest BCUT2D eigenvalue weighted by molar-refractivity contribution is 7.99. The summed E-state index contributed by atoms with van der Waals surface area (Å²) < 4.78 is 39.2. The van der Waals surface area contributed by atoms with Gasteiger partial charge < -0.3 is 11.1 Å². The van der Waals surface area contributed by atoms with Crippen LogP contribution in [0.2, 0.25) is 0 Å². The average Bonchev–Trinajstić information content (AvgIpc) is 2.62. The molecule has 1 aromatic carbocycles. The van der Waals surface area contributed by atoms with Gasteiger partial charge in [-0.05, 0) is 50.3 Å². The van der Waals surface area contributed by atoms with E-state index in [0.29, 0.717) is 22.4 Å². The van der Waals surface area contributed by atoms with E-state index in [1.54, 1.807) is 12.1 Å². The van der Waals surface area contributed by atoms with Gasteiger partial charge in [0.15, 0.2) is 0 Å². The van der Waals surface area contributed by atoms with Crippen molar-refractivity contribution in [1.29, 1.82) is 0 Å². The van der Waals surface area contributed by atoms with Gasteiger partial charge in [-0.1, -0.05) is 18.2 Å². The van der Waals surface area contributed by atoms with E-state index >= 15 is 0 Å². The second kappa shape index (κ2) is 8.59. The number of rotatable bonds is 6. The summed E-state index contributed by atoms with van der Waals surface area (Å²) in [4.78, 5) is 4.39. The van der Waals surface area contributed by atoms with E-state index in [4.69, 9.17) is 5.73 Å². The maximum Gasteiger partial charge on any atom is 0.433 e. The molecular formula is C19H24F3N3S. The number of fused-ring (bicyclic) bond motifs is 1. The second-order valence-corrected chi connectivity index (χ2v) is 7.99. The zero-order valence-electron chi connectivity index (χ0n) is 14.6. The van der Waals surface area contributed by atoms with Gasteiger partial charge in [0, 0.05) is 28.6 Å². The molecule has 0 amide bonds. The Morgan fingerprint density at radius 2 is 1.88 bits per heavy atom. The molecule has 3 N–H and O–H groups in total. The number of hydrogen-bond acceptors (Lipinski definition) is 4. The lowest BCUT2D eigenvalue weighted by molar-refractivity contribution is -0.141. The van der Waals surface area contributed by atoms with Crippen molar-refractivity contribution < 1.29 is 13.2 Å². The van der Waals surface area contributed by atoms with Crippen molar-refractivity contribution in [2.24, 2.45) is 11.7 Å². The van der Waals surface area contributed by atoms with E-state index in [1.165, 1.54) is 11.8 Å². The second-order valence-electron chi connectivity index (χ2n) is 6.85. The predicted octanol–water partition coefficient (Wildman–Crippen LogP) is 4.45. The number of thioether (sulfide) groups is 1. The van der Waals surface area contributed by atoms with Crippen LogP contribution < -0.4 is 11.1 Å².